The second-order valence-electron chi connectivity index (χ2n) is 5.50. The van der Waals surface area contributed by atoms with Crippen LogP contribution < -0.4 is 10.4 Å². The molecule has 0 amide bonds. The third-order valence-electron chi connectivity index (χ3n) is 3.87. The van der Waals surface area contributed by atoms with Crippen molar-refractivity contribution >= 4 is 23.5 Å². The molecule has 0 saturated carbocycles. The second kappa shape index (κ2) is 7.97. The van der Waals surface area contributed by atoms with Crippen molar-refractivity contribution in [3.05, 3.63) is 66.9 Å². The third-order valence-corrected chi connectivity index (χ3v) is 4.43. The minimum atomic E-state index is 0.715. The lowest BCUT2D eigenvalue weighted by molar-refractivity contribution is 0.782. The van der Waals surface area contributed by atoms with Gasteiger partial charge >= 0.3 is 0 Å². The van der Waals surface area contributed by atoms with Gasteiger partial charge in [-0.2, -0.15) is 0 Å². The van der Waals surface area contributed by atoms with Crippen LogP contribution >= 0.6 is 11.8 Å². The lowest BCUT2D eigenvalue weighted by Crippen LogP contribution is -2.27. The Kier molecular flexibility index (Phi) is 5.48. The van der Waals surface area contributed by atoms with E-state index in [0.29, 0.717) is 5.16 Å². The Hall–Kier alpha value is -2.93. The monoisotopic (exact) mass is 364 g/mol. The molecule has 0 saturated heterocycles. The minimum absolute atomic E-state index is 0.715. The van der Waals surface area contributed by atoms with Gasteiger partial charge in [-0.15, -0.1) is 0 Å². The molecule has 0 aliphatic carbocycles. The number of anilines is 2. The maximum absolute atomic E-state index is 4.84. The van der Waals surface area contributed by atoms with E-state index in [1.54, 1.807) is 6.20 Å². The predicted molar refractivity (Wildman–Crippen MR) is 106 cm³/mol. The van der Waals surface area contributed by atoms with Crippen LogP contribution in [0.1, 0.15) is 0 Å². The molecule has 0 unspecified atom stereocenters. The maximum atomic E-state index is 4.84. The van der Waals surface area contributed by atoms with Crippen molar-refractivity contribution in [2.24, 2.45) is 12.0 Å². The summed E-state index contributed by atoms with van der Waals surface area (Å²) in [4.78, 5) is 20.0. The zero-order valence-electron chi connectivity index (χ0n) is 15.0. The lowest BCUT2D eigenvalue weighted by atomic mass is 10.1. The second-order valence-corrected chi connectivity index (χ2v) is 6.27. The number of hydrogen-bond acceptors (Lipinski definition) is 6. The number of nitrogens with zero attached hydrogens (tertiary/aromatic N) is 6. The van der Waals surface area contributed by atoms with Crippen LogP contribution in [0.2, 0.25) is 0 Å². The largest absolute Gasteiger partial charge is 0.299 e. The normalized spacial score (nSPS) is 11.4. The molecule has 0 spiro atoms. The van der Waals surface area contributed by atoms with Crippen LogP contribution in [0.3, 0.4) is 0 Å². The highest BCUT2D eigenvalue weighted by atomic mass is 32.2. The number of hydrogen-bond donors (Lipinski definition) is 0. The fourth-order valence-corrected chi connectivity index (χ4v) is 2.88. The predicted octanol–water partition coefficient (Wildman–Crippen LogP) is 3.41. The SMILES string of the molecule is C=CN=c1cc(-c2ccccc2)nc(N(C)c2ccnc(SC)n2)n1C. The summed E-state index contributed by atoms with van der Waals surface area (Å²) >= 11 is 1.50. The van der Waals surface area contributed by atoms with Gasteiger partial charge in [0, 0.05) is 38.1 Å². The molecule has 0 N–H and O–H groups in total. The van der Waals surface area contributed by atoms with Crippen molar-refractivity contribution in [2.75, 3.05) is 18.2 Å². The number of aromatic nitrogens is 4. The van der Waals surface area contributed by atoms with Gasteiger partial charge in [-0.05, 0) is 12.3 Å². The Bertz CT molecular complexity index is 981. The highest BCUT2D eigenvalue weighted by molar-refractivity contribution is 7.98. The van der Waals surface area contributed by atoms with E-state index in [9.17, 15) is 0 Å². The topological polar surface area (TPSA) is 59.2 Å². The molecule has 1 aromatic carbocycles. The quantitative estimate of drug-likeness (QED) is 0.513. The van der Waals surface area contributed by atoms with E-state index in [-0.39, 0.29) is 0 Å². The summed E-state index contributed by atoms with van der Waals surface area (Å²) in [7, 11) is 3.86. The molecule has 0 fully saturated rings. The van der Waals surface area contributed by atoms with Gasteiger partial charge in [0.1, 0.15) is 11.3 Å². The summed E-state index contributed by atoms with van der Waals surface area (Å²) < 4.78 is 1.91. The van der Waals surface area contributed by atoms with E-state index in [1.165, 1.54) is 18.0 Å². The molecule has 2 heterocycles. The van der Waals surface area contributed by atoms with Crippen LogP contribution in [0.5, 0.6) is 0 Å². The van der Waals surface area contributed by atoms with Crippen molar-refractivity contribution in [1.29, 1.82) is 0 Å². The summed E-state index contributed by atoms with van der Waals surface area (Å²) in [6.07, 6.45) is 5.24. The third kappa shape index (κ3) is 3.67. The van der Waals surface area contributed by atoms with E-state index >= 15 is 0 Å². The Balaban J connectivity index is 2.17. The molecule has 3 rings (SSSR count). The van der Waals surface area contributed by atoms with Gasteiger partial charge in [0.2, 0.25) is 5.95 Å². The fraction of sp³-hybridized carbons (Fsp3) is 0.158. The first-order valence-electron chi connectivity index (χ1n) is 8.03. The van der Waals surface area contributed by atoms with Crippen molar-refractivity contribution in [3.8, 4) is 11.3 Å². The first kappa shape index (κ1) is 17.9. The van der Waals surface area contributed by atoms with E-state index in [1.807, 2.05) is 72.3 Å². The average Bonchev–Trinajstić information content (AvgIpc) is 2.70. The first-order chi connectivity index (χ1) is 12.6. The van der Waals surface area contributed by atoms with Gasteiger partial charge in [0.25, 0.3) is 0 Å². The van der Waals surface area contributed by atoms with Crippen LogP contribution in [0.15, 0.2) is 71.6 Å². The molecular weight excluding hydrogens is 344 g/mol. The first-order valence-corrected chi connectivity index (χ1v) is 9.25. The molecule has 0 aliphatic rings. The van der Waals surface area contributed by atoms with Gasteiger partial charge in [-0.1, -0.05) is 48.7 Å². The van der Waals surface area contributed by atoms with Crippen LogP contribution in [-0.4, -0.2) is 32.8 Å². The van der Waals surface area contributed by atoms with E-state index in [0.717, 1.165) is 28.5 Å². The number of benzene rings is 1. The van der Waals surface area contributed by atoms with Crippen molar-refractivity contribution < 1.29 is 0 Å². The molecule has 3 aromatic rings. The van der Waals surface area contributed by atoms with E-state index in [2.05, 4.69) is 21.5 Å². The molecule has 0 bridgehead atoms. The Morgan fingerprint density at radius 2 is 1.96 bits per heavy atom. The summed E-state index contributed by atoms with van der Waals surface area (Å²) in [6, 6.07) is 13.8. The van der Waals surface area contributed by atoms with E-state index in [4.69, 9.17) is 4.98 Å². The van der Waals surface area contributed by atoms with Crippen molar-refractivity contribution in [3.63, 3.8) is 0 Å². The number of rotatable bonds is 5. The molecule has 7 heteroatoms. The maximum Gasteiger partial charge on any atom is 0.212 e. The highest BCUT2D eigenvalue weighted by Gasteiger charge is 2.14. The van der Waals surface area contributed by atoms with Crippen LogP contribution in [0.4, 0.5) is 11.8 Å². The van der Waals surface area contributed by atoms with Gasteiger partial charge in [-0.25, -0.2) is 19.9 Å². The average molecular weight is 364 g/mol. The van der Waals surface area contributed by atoms with Gasteiger partial charge in [0.05, 0.1) is 5.69 Å². The zero-order chi connectivity index (χ0) is 18.5. The molecule has 2 aromatic heterocycles. The number of thioether (sulfide) groups is 1. The van der Waals surface area contributed by atoms with Crippen LogP contribution in [0.25, 0.3) is 11.3 Å². The summed E-state index contributed by atoms with van der Waals surface area (Å²) in [5.74, 6) is 1.49. The molecule has 0 aliphatic heterocycles. The van der Waals surface area contributed by atoms with E-state index < -0.39 is 0 Å². The summed E-state index contributed by atoms with van der Waals surface area (Å²) in [5, 5.41) is 0.715. The molecular formula is C19H20N6S. The Morgan fingerprint density at radius 1 is 1.19 bits per heavy atom. The minimum Gasteiger partial charge on any atom is -0.299 e. The standard InChI is InChI=1S/C19H20N6S/c1-5-20-17-13-15(14-9-7-6-8-10-14)22-19(25(17)3)24(2)16-11-12-21-18(23-16)26-4/h5-13H,1H2,2-4H3. The highest BCUT2D eigenvalue weighted by Crippen LogP contribution is 2.23. The molecule has 132 valence electrons. The smallest absolute Gasteiger partial charge is 0.212 e. The lowest BCUT2D eigenvalue weighted by Gasteiger charge is -2.21. The van der Waals surface area contributed by atoms with Gasteiger partial charge in [0.15, 0.2) is 5.16 Å². The molecule has 0 atom stereocenters. The Morgan fingerprint density at radius 3 is 2.65 bits per heavy atom. The van der Waals surface area contributed by atoms with Gasteiger partial charge < -0.3 is 0 Å². The van der Waals surface area contributed by atoms with Gasteiger partial charge in [-0.3, -0.25) is 9.47 Å². The fourth-order valence-electron chi connectivity index (χ4n) is 2.53. The molecule has 0 radical (unpaired) electrons. The molecule has 6 nitrogen and oxygen atoms in total. The van der Waals surface area contributed by atoms with Crippen LogP contribution in [0, 0.1) is 0 Å². The molecule has 26 heavy (non-hydrogen) atoms. The van der Waals surface area contributed by atoms with Crippen molar-refractivity contribution in [2.45, 2.75) is 5.16 Å². The summed E-state index contributed by atoms with van der Waals surface area (Å²) in [5.41, 5.74) is 2.62. The van der Waals surface area contributed by atoms with Crippen molar-refractivity contribution in [1.82, 2.24) is 19.5 Å². The Labute approximate surface area is 157 Å². The zero-order valence-corrected chi connectivity index (χ0v) is 15.8. The summed E-state index contributed by atoms with van der Waals surface area (Å²) in [6.45, 7) is 3.72. The van der Waals surface area contributed by atoms with Crippen LogP contribution in [-0.2, 0) is 7.05 Å².